The second-order valence-corrected chi connectivity index (χ2v) is 9.91. The first-order valence-corrected chi connectivity index (χ1v) is 12.8. The van der Waals surface area contributed by atoms with Gasteiger partial charge in [0, 0.05) is 19.0 Å². The number of hydrogen-bond donors (Lipinski definition) is 6. The quantitative estimate of drug-likeness (QED) is 0.292. The lowest BCUT2D eigenvalue weighted by Crippen LogP contribution is -2.66. The number of hydrogen-bond acceptors (Lipinski definition) is 8. The van der Waals surface area contributed by atoms with Crippen LogP contribution >= 0.6 is 0 Å². The van der Waals surface area contributed by atoms with Crippen LogP contribution in [0.25, 0.3) is 0 Å². The highest BCUT2D eigenvalue weighted by atomic mass is 16.5. The van der Waals surface area contributed by atoms with E-state index < -0.39 is 65.9 Å². The Bertz CT molecular complexity index is 1210. The van der Waals surface area contributed by atoms with E-state index in [4.69, 9.17) is 4.74 Å². The molecule has 6 N–H and O–H groups in total. The Morgan fingerprint density at radius 1 is 1.05 bits per heavy atom. The number of nitrogens with one attached hydrogen (secondary N) is 4. The van der Waals surface area contributed by atoms with Crippen LogP contribution in [0.2, 0.25) is 0 Å². The van der Waals surface area contributed by atoms with Gasteiger partial charge in [-0.1, -0.05) is 25.1 Å². The molecule has 0 radical (unpaired) electrons. The molecule has 0 aliphatic carbocycles. The lowest BCUT2D eigenvalue weighted by atomic mass is 9.91. The molecule has 4 amide bonds. The maximum Gasteiger partial charge on any atom is 0.255 e. The first kappa shape index (κ1) is 28.0. The molecule has 2 saturated heterocycles. The van der Waals surface area contributed by atoms with Gasteiger partial charge in [-0.05, 0) is 43.5 Å². The van der Waals surface area contributed by atoms with Crippen molar-refractivity contribution in [1.82, 2.24) is 26.3 Å². The molecule has 7 unspecified atom stereocenters. The van der Waals surface area contributed by atoms with Crippen LogP contribution in [-0.2, 0) is 25.5 Å². The molecule has 2 fully saturated rings. The fourth-order valence-corrected chi connectivity index (χ4v) is 4.63. The topological polar surface area (TPSA) is 179 Å². The van der Waals surface area contributed by atoms with Crippen molar-refractivity contribution in [2.75, 3.05) is 6.61 Å². The van der Waals surface area contributed by atoms with E-state index in [1.165, 1.54) is 26.0 Å². The summed E-state index contributed by atoms with van der Waals surface area (Å²) in [6.45, 7) is 3.48. The van der Waals surface area contributed by atoms with Gasteiger partial charge in [0.15, 0.2) is 0 Å². The molecule has 3 heterocycles. The molecule has 0 saturated carbocycles. The molecule has 2 aromatic rings. The molecule has 2 aliphatic heterocycles. The number of para-hydroxylation sites is 1. The molecule has 1 aromatic heterocycles. The van der Waals surface area contributed by atoms with Crippen LogP contribution in [0.3, 0.4) is 0 Å². The number of phenols is 1. The van der Waals surface area contributed by atoms with E-state index in [0.717, 1.165) is 0 Å². The van der Waals surface area contributed by atoms with Gasteiger partial charge in [0.2, 0.25) is 17.7 Å². The maximum absolute atomic E-state index is 13.6. The highest BCUT2D eigenvalue weighted by Gasteiger charge is 2.41. The molecular formula is C27H33N5O7. The number of aromatic nitrogens is 1. The van der Waals surface area contributed by atoms with Gasteiger partial charge >= 0.3 is 0 Å². The summed E-state index contributed by atoms with van der Waals surface area (Å²) in [6.07, 6.45) is 1.96. The Balaban J connectivity index is 1.67. The summed E-state index contributed by atoms with van der Waals surface area (Å²) in [5.74, 6) is -3.86. The van der Waals surface area contributed by atoms with Gasteiger partial charge in [-0.25, -0.2) is 0 Å². The normalized spacial score (nSPS) is 29.9. The van der Waals surface area contributed by atoms with E-state index in [-0.39, 0.29) is 17.7 Å². The number of aromatic hydroxyl groups is 1. The highest BCUT2D eigenvalue weighted by Crippen LogP contribution is 2.20. The number of benzene rings is 1. The van der Waals surface area contributed by atoms with E-state index in [2.05, 4.69) is 26.3 Å². The molecule has 12 heteroatoms. The van der Waals surface area contributed by atoms with Crippen LogP contribution in [0.1, 0.15) is 36.2 Å². The van der Waals surface area contributed by atoms with E-state index >= 15 is 0 Å². The lowest BCUT2D eigenvalue weighted by Gasteiger charge is -2.37. The van der Waals surface area contributed by atoms with Crippen molar-refractivity contribution in [1.29, 1.82) is 0 Å². The third-order valence-electron chi connectivity index (χ3n) is 7.12. The molecule has 2 aliphatic rings. The van der Waals surface area contributed by atoms with Gasteiger partial charge < -0.3 is 36.2 Å². The minimum atomic E-state index is -1.34. The number of aliphatic hydroxyl groups is 1. The largest absolute Gasteiger partial charge is 0.507 e. The van der Waals surface area contributed by atoms with E-state index in [9.17, 15) is 29.4 Å². The second kappa shape index (κ2) is 12.2. The third kappa shape index (κ3) is 6.52. The molecular weight excluding hydrogens is 506 g/mol. The van der Waals surface area contributed by atoms with E-state index in [0.29, 0.717) is 18.6 Å². The van der Waals surface area contributed by atoms with Crippen LogP contribution in [0, 0.1) is 5.92 Å². The maximum atomic E-state index is 13.6. The van der Waals surface area contributed by atoms with Gasteiger partial charge in [-0.2, -0.15) is 0 Å². The number of aliphatic hydroxyl groups excluding tert-OH is 1. The van der Waals surface area contributed by atoms with Gasteiger partial charge in [-0.3, -0.25) is 24.2 Å². The average Bonchev–Trinajstić information content (AvgIpc) is 2.89. The van der Waals surface area contributed by atoms with Crippen molar-refractivity contribution < 1.29 is 34.1 Å². The van der Waals surface area contributed by atoms with Crippen LogP contribution in [0.15, 0.2) is 48.8 Å². The molecule has 1 aromatic carbocycles. The van der Waals surface area contributed by atoms with Gasteiger partial charge in [0.05, 0.1) is 35.8 Å². The Hall–Kier alpha value is -4.03. The first-order chi connectivity index (χ1) is 18.7. The summed E-state index contributed by atoms with van der Waals surface area (Å²) in [5, 5.41) is 32.1. The van der Waals surface area contributed by atoms with Gasteiger partial charge in [0.25, 0.3) is 5.91 Å². The Morgan fingerprint density at radius 3 is 2.44 bits per heavy atom. The number of ether oxygens (including phenoxy) is 1. The summed E-state index contributed by atoms with van der Waals surface area (Å²) in [7, 11) is 0. The zero-order valence-electron chi connectivity index (χ0n) is 21.7. The predicted molar refractivity (Wildman–Crippen MR) is 138 cm³/mol. The summed E-state index contributed by atoms with van der Waals surface area (Å²) in [4.78, 5) is 57.0. The smallest absolute Gasteiger partial charge is 0.255 e. The SMILES string of the molecule is CC1NC(=O)C(C2CCO2)NC(=O)C(C)C(O)C(Cc2cccnc2)NC(=O)C1NC(=O)c1ccccc1O. The minimum absolute atomic E-state index is 0.0523. The van der Waals surface area contributed by atoms with Crippen molar-refractivity contribution in [3.05, 3.63) is 59.9 Å². The number of phenolic OH excluding ortho intramolecular Hbond substituents is 1. The monoisotopic (exact) mass is 539 g/mol. The molecule has 0 spiro atoms. The zero-order chi connectivity index (χ0) is 28.1. The van der Waals surface area contributed by atoms with E-state index in [1.807, 2.05) is 0 Å². The van der Waals surface area contributed by atoms with E-state index in [1.54, 1.807) is 36.7 Å². The number of amides is 4. The van der Waals surface area contributed by atoms with Crippen LogP contribution in [-0.4, -0.2) is 81.8 Å². The van der Waals surface area contributed by atoms with Crippen LogP contribution in [0.5, 0.6) is 5.75 Å². The predicted octanol–water partition coefficient (Wildman–Crippen LogP) is -0.598. The Morgan fingerprint density at radius 2 is 1.79 bits per heavy atom. The standard InChI is InChI=1S/C27H33N5O7/c1-14-23(34)18(12-16-6-5-10-28-13-16)30-26(37)21(31-25(36)17-7-3-4-8-19(17)33)15(2)29-27(38)22(32-24(14)35)20-9-11-39-20/h3-8,10,13-15,18,20-23,33-34H,9,11-12H2,1-2H3,(H,29,38)(H,30,37)(H,31,36)(H,32,35). The van der Waals surface area contributed by atoms with Crippen molar-refractivity contribution in [3.63, 3.8) is 0 Å². The molecule has 7 atom stereocenters. The molecule has 39 heavy (non-hydrogen) atoms. The number of carbonyl (C=O) groups excluding carboxylic acids is 4. The Kier molecular flexibility index (Phi) is 8.77. The van der Waals surface area contributed by atoms with Gasteiger partial charge in [0.1, 0.15) is 17.8 Å². The summed E-state index contributed by atoms with van der Waals surface area (Å²) < 4.78 is 5.47. The Labute approximate surface area is 225 Å². The van der Waals surface area contributed by atoms with Crippen molar-refractivity contribution >= 4 is 23.6 Å². The molecule has 4 rings (SSSR count). The molecule has 12 nitrogen and oxygen atoms in total. The summed E-state index contributed by atoms with van der Waals surface area (Å²) >= 11 is 0. The average molecular weight is 540 g/mol. The third-order valence-corrected chi connectivity index (χ3v) is 7.12. The number of rotatable bonds is 5. The first-order valence-electron chi connectivity index (χ1n) is 12.8. The minimum Gasteiger partial charge on any atom is -0.507 e. The highest BCUT2D eigenvalue weighted by molar-refractivity contribution is 6.00. The fourth-order valence-electron chi connectivity index (χ4n) is 4.63. The van der Waals surface area contributed by atoms with Crippen molar-refractivity contribution in [2.45, 2.75) is 63.1 Å². The van der Waals surface area contributed by atoms with Gasteiger partial charge in [-0.15, -0.1) is 0 Å². The second-order valence-electron chi connectivity index (χ2n) is 9.91. The number of carbonyl (C=O) groups is 4. The van der Waals surface area contributed by atoms with Crippen LogP contribution < -0.4 is 21.3 Å². The lowest BCUT2D eigenvalue weighted by molar-refractivity contribution is -0.144. The number of pyridine rings is 1. The number of nitrogens with zero attached hydrogens (tertiary/aromatic N) is 1. The van der Waals surface area contributed by atoms with Crippen molar-refractivity contribution in [3.8, 4) is 5.75 Å². The van der Waals surface area contributed by atoms with Crippen LogP contribution in [0.4, 0.5) is 0 Å². The fraction of sp³-hybridized carbons (Fsp3) is 0.444. The summed E-state index contributed by atoms with van der Waals surface area (Å²) in [5.41, 5.74) is 0.655. The zero-order valence-corrected chi connectivity index (χ0v) is 21.7. The van der Waals surface area contributed by atoms with Crippen molar-refractivity contribution in [2.24, 2.45) is 5.92 Å². The molecule has 0 bridgehead atoms. The summed E-state index contributed by atoms with van der Waals surface area (Å²) in [6, 6.07) is 5.12. The molecule has 208 valence electrons.